The molecule has 1 aromatic heterocycles. The minimum absolute atomic E-state index is 0.127. The van der Waals surface area contributed by atoms with Gasteiger partial charge in [0.2, 0.25) is 0 Å². The molecule has 0 unspecified atom stereocenters. The fraction of sp³-hybridized carbons (Fsp3) is 0.133. The van der Waals surface area contributed by atoms with Crippen LogP contribution in [-0.2, 0) is 10.9 Å². The smallest absolute Gasteiger partial charge is 0.433 e. The maximum atomic E-state index is 12.4. The molecule has 0 aliphatic heterocycles. The second-order valence-electron chi connectivity index (χ2n) is 4.34. The molecule has 0 atom stereocenters. The van der Waals surface area contributed by atoms with Gasteiger partial charge in [-0.2, -0.15) is 13.2 Å². The number of aromatic nitrogens is 1. The highest BCUT2D eigenvalue weighted by molar-refractivity contribution is 5.91. The van der Waals surface area contributed by atoms with Gasteiger partial charge in [-0.15, -0.1) is 0 Å². The Morgan fingerprint density at radius 2 is 1.57 bits per heavy atom. The lowest BCUT2D eigenvalue weighted by atomic mass is 10.2. The molecule has 23 heavy (non-hydrogen) atoms. The fourth-order valence-corrected chi connectivity index (χ4v) is 1.63. The monoisotopic (exact) mass is 325 g/mol. The zero-order valence-electron chi connectivity index (χ0n) is 11.8. The molecule has 8 heteroatoms. The van der Waals surface area contributed by atoms with Crippen LogP contribution in [0.5, 0.6) is 5.75 Å². The lowest BCUT2D eigenvalue weighted by Crippen LogP contribution is -2.12. The first-order chi connectivity index (χ1) is 10.8. The van der Waals surface area contributed by atoms with Gasteiger partial charge in [0, 0.05) is 6.20 Å². The predicted octanol–water partition coefficient (Wildman–Crippen LogP) is 3.11. The maximum Gasteiger partial charge on any atom is 0.433 e. The largest absolute Gasteiger partial charge is 0.465 e. The van der Waals surface area contributed by atoms with Crippen molar-refractivity contribution in [2.24, 2.45) is 0 Å². The molecule has 5 nitrogen and oxygen atoms in total. The molecule has 0 amide bonds. The highest BCUT2D eigenvalue weighted by Crippen LogP contribution is 2.27. The van der Waals surface area contributed by atoms with Crippen LogP contribution in [0.25, 0.3) is 0 Å². The summed E-state index contributed by atoms with van der Waals surface area (Å²) in [5.41, 5.74) is -0.963. The maximum absolute atomic E-state index is 12.4. The third-order valence-corrected chi connectivity index (χ3v) is 2.78. The standard InChI is InChI=1S/C15H10F3NO4/c1-22-13(20)9-2-5-11(6-3-9)23-14(21)10-4-7-12(19-8-10)15(16,17)18/h2-8H,1H3. The lowest BCUT2D eigenvalue weighted by Gasteiger charge is -2.07. The van der Waals surface area contributed by atoms with Crippen molar-refractivity contribution in [1.29, 1.82) is 0 Å². The van der Waals surface area contributed by atoms with E-state index in [1.807, 2.05) is 0 Å². The number of hydrogen-bond donors (Lipinski definition) is 0. The molecular formula is C15H10F3NO4. The summed E-state index contributed by atoms with van der Waals surface area (Å²) in [6.45, 7) is 0. The van der Waals surface area contributed by atoms with E-state index in [1.165, 1.54) is 31.4 Å². The molecule has 1 heterocycles. The predicted molar refractivity (Wildman–Crippen MR) is 72.0 cm³/mol. The van der Waals surface area contributed by atoms with Crippen LogP contribution in [0.4, 0.5) is 13.2 Å². The molecule has 1 aromatic carbocycles. The van der Waals surface area contributed by atoms with E-state index in [-0.39, 0.29) is 16.9 Å². The Bertz CT molecular complexity index is 709. The number of halogens is 3. The van der Waals surface area contributed by atoms with Crippen molar-refractivity contribution in [3.8, 4) is 5.75 Å². The summed E-state index contributed by atoms with van der Waals surface area (Å²) in [7, 11) is 1.23. The minimum atomic E-state index is -4.58. The number of rotatable bonds is 3. The van der Waals surface area contributed by atoms with E-state index >= 15 is 0 Å². The molecule has 0 aliphatic carbocycles. The molecule has 0 N–H and O–H groups in total. The quantitative estimate of drug-likeness (QED) is 0.641. The van der Waals surface area contributed by atoms with Crippen molar-refractivity contribution in [3.63, 3.8) is 0 Å². The van der Waals surface area contributed by atoms with Gasteiger partial charge < -0.3 is 9.47 Å². The third kappa shape index (κ3) is 4.06. The highest BCUT2D eigenvalue weighted by Gasteiger charge is 2.32. The Hall–Kier alpha value is -2.90. The van der Waals surface area contributed by atoms with Crippen LogP contribution in [0.15, 0.2) is 42.6 Å². The summed E-state index contributed by atoms with van der Waals surface area (Å²) in [4.78, 5) is 26.2. The van der Waals surface area contributed by atoms with E-state index < -0.39 is 23.8 Å². The summed E-state index contributed by atoms with van der Waals surface area (Å²) in [5.74, 6) is -1.28. The number of carbonyl (C=O) groups is 2. The van der Waals surface area contributed by atoms with Gasteiger partial charge in [-0.3, -0.25) is 4.98 Å². The molecule has 0 saturated heterocycles. The van der Waals surface area contributed by atoms with Gasteiger partial charge in [-0.1, -0.05) is 0 Å². The van der Waals surface area contributed by atoms with Gasteiger partial charge in [0.1, 0.15) is 11.4 Å². The number of methoxy groups -OCH3 is 1. The van der Waals surface area contributed by atoms with Crippen LogP contribution in [0.2, 0.25) is 0 Å². The zero-order chi connectivity index (χ0) is 17.0. The number of pyridine rings is 1. The van der Waals surface area contributed by atoms with Gasteiger partial charge >= 0.3 is 18.1 Å². The van der Waals surface area contributed by atoms with E-state index in [9.17, 15) is 22.8 Å². The molecule has 0 aliphatic rings. The normalized spacial score (nSPS) is 11.0. The van der Waals surface area contributed by atoms with E-state index in [1.54, 1.807) is 0 Å². The zero-order valence-corrected chi connectivity index (χ0v) is 11.8. The van der Waals surface area contributed by atoms with Gasteiger partial charge in [0.25, 0.3) is 0 Å². The number of carbonyl (C=O) groups excluding carboxylic acids is 2. The van der Waals surface area contributed by atoms with Crippen LogP contribution < -0.4 is 4.74 Å². The van der Waals surface area contributed by atoms with E-state index in [0.717, 1.165) is 12.3 Å². The number of ether oxygens (including phenoxy) is 2. The summed E-state index contributed by atoms with van der Waals surface area (Å²) in [6.07, 6.45) is -3.79. The summed E-state index contributed by atoms with van der Waals surface area (Å²) in [6, 6.07) is 7.17. The van der Waals surface area contributed by atoms with Crippen LogP contribution in [-0.4, -0.2) is 24.0 Å². The molecule has 0 radical (unpaired) electrons. The fourth-order valence-electron chi connectivity index (χ4n) is 1.63. The number of alkyl halides is 3. The third-order valence-electron chi connectivity index (χ3n) is 2.78. The first-order valence-corrected chi connectivity index (χ1v) is 6.25. The number of nitrogens with zero attached hydrogens (tertiary/aromatic N) is 1. The molecule has 2 aromatic rings. The Morgan fingerprint density at radius 3 is 2.04 bits per heavy atom. The van der Waals surface area contributed by atoms with Crippen molar-refractivity contribution in [1.82, 2.24) is 4.98 Å². The molecule has 0 bridgehead atoms. The molecule has 0 spiro atoms. The van der Waals surface area contributed by atoms with E-state index in [2.05, 4.69) is 9.72 Å². The van der Waals surface area contributed by atoms with Gasteiger partial charge in [0.05, 0.1) is 18.2 Å². The number of hydrogen-bond acceptors (Lipinski definition) is 5. The Morgan fingerprint density at radius 1 is 0.957 bits per heavy atom. The van der Waals surface area contributed by atoms with Crippen LogP contribution in [0, 0.1) is 0 Å². The second kappa shape index (κ2) is 6.47. The molecule has 120 valence electrons. The summed E-state index contributed by atoms with van der Waals surface area (Å²) >= 11 is 0. The highest BCUT2D eigenvalue weighted by atomic mass is 19.4. The Labute approximate surface area is 128 Å². The Balaban J connectivity index is 2.08. The second-order valence-corrected chi connectivity index (χ2v) is 4.34. The summed E-state index contributed by atoms with van der Waals surface area (Å²) < 4.78 is 46.7. The average molecular weight is 325 g/mol. The molecular weight excluding hydrogens is 315 g/mol. The van der Waals surface area contributed by atoms with Crippen molar-refractivity contribution >= 4 is 11.9 Å². The lowest BCUT2D eigenvalue weighted by molar-refractivity contribution is -0.141. The first kappa shape index (κ1) is 16.5. The molecule has 2 rings (SSSR count). The van der Waals surface area contributed by atoms with Gasteiger partial charge in [-0.05, 0) is 36.4 Å². The van der Waals surface area contributed by atoms with Crippen molar-refractivity contribution in [2.75, 3.05) is 7.11 Å². The van der Waals surface area contributed by atoms with Crippen molar-refractivity contribution < 1.29 is 32.2 Å². The van der Waals surface area contributed by atoms with Crippen LogP contribution >= 0.6 is 0 Å². The molecule has 0 fully saturated rings. The molecule has 0 saturated carbocycles. The van der Waals surface area contributed by atoms with Crippen LogP contribution in [0.1, 0.15) is 26.4 Å². The topological polar surface area (TPSA) is 65.5 Å². The summed E-state index contributed by atoms with van der Waals surface area (Å²) in [5, 5.41) is 0. The van der Waals surface area contributed by atoms with Crippen LogP contribution in [0.3, 0.4) is 0 Å². The Kier molecular flexibility index (Phi) is 4.63. The van der Waals surface area contributed by atoms with Gasteiger partial charge in [0.15, 0.2) is 0 Å². The average Bonchev–Trinajstić information content (AvgIpc) is 2.54. The van der Waals surface area contributed by atoms with Gasteiger partial charge in [-0.25, -0.2) is 9.59 Å². The van der Waals surface area contributed by atoms with E-state index in [4.69, 9.17) is 4.74 Å². The SMILES string of the molecule is COC(=O)c1ccc(OC(=O)c2ccc(C(F)(F)F)nc2)cc1. The minimum Gasteiger partial charge on any atom is -0.465 e. The number of benzene rings is 1. The number of esters is 2. The van der Waals surface area contributed by atoms with E-state index in [0.29, 0.717) is 6.07 Å². The first-order valence-electron chi connectivity index (χ1n) is 6.25. The van der Waals surface area contributed by atoms with Crippen molar-refractivity contribution in [2.45, 2.75) is 6.18 Å². The van der Waals surface area contributed by atoms with Crippen molar-refractivity contribution in [3.05, 3.63) is 59.4 Å².